The van der Waals surface area contributed by atoms with Gasteiger partial charge in [0.1, 0.15) is 11.0 Å². The zero-order valence-electron chi connectivity index (χ0n) is 13.2. The summed E-state index contributed by atoms with van der Waals surface area (Å²) in [5.41, 5.74) is 0.988. The molecule has 122 valence electrons. The molecule has 0 radical (unpaired) electrons. The molecule has 0 bridgehead atoms. The van der Waals surface area contributed by atoms with E-state index in [0.717, 1.165) is 29.8 Å². The molecule has 0 atom stereocenters. The van der Waals surface area contributed by atoms with Gasteiger partial charge in [0.2, 0.25) is 5.88 Å². The summed E-state index contributed by atoms with van der Waals surface area (Å²) in [6.45, 7) is 2.49. The minimum Gasteiger partial charge on any atom is -0.474 e. The topological polar surface area (TPSA) is 64.1 Å². The van der Waals surface area contributed by atoms with E-state index >= 15 is 0 Å². The minimum absolute atomic E-state index is 0.0859. The molecular formula is C17H21N3O2S. The van der Waals surface area contributed by atoms with Crippen molar-refractivity contribution in [3.05, 3.63) is 40.0 Å². The lowest BCUT2D eigenvalue weighted by Gasteiger charge is -2.12. The number of nitrogens with one attached hydrogen (secondary N) is 1. The van der Waals surface area contributed by atoms with E-state index in [4.69, 9.17) is 4.74 Å². The molecule has 1 amide bonds. The molecule has 0 saturated heterocycles. The third kappa shape index (κ3) is 4.28. The highest BCUT2D eigenvalue weighted by atomic mass is 32.1. The lowest BCUT2D eigenvalue weighted by molar-refractivity contribution is 0.0954. The van der Waals surface area contributed by atoms with Crippen molar-refractivity contribution in [1.82, 2.24) is 15.3 Å². The van der Waals surface area contributed by atoms with Crippen molar-refractivity contribution in [2.24, 2.45) is 0 Å². The molecule has 0 aliphatic heterocycles. The summed E-state index contributed by atoms with van der Waals surface area (Å²) in [6, 6.07) is 3.80. The molecule has 2 heterocycles. The van der Waals surface area contributed by atoms with Crippen LogP contribution < -0.4 is 10.1 Å². The van der Waals surface area contributed by atoms with Gasteiger partial charge in [-0.1, -0.05) is 6.92 Å². The Balaban J connectivity index is 1.56. The number of pyridine rings is 1. The number of ether oxygens (including phenoxy) is 1. The molecule has 0 spiro atoms. The summed E-state index contributed by atoms with van der Waals surface area (Å²) in [4.78, 5) is 21.2. The van der Waals surface area contributed by atoms with Crippen molar-refractivity contribution < 1.29 is 9.53 Å². The Morgan fingerprint density at radius 2 is 2.22 bits per heavy atom. The van der Waals surface area contributed by atoms with Gasteiger partial charge in [-0.2, -0.15) is 0 Å². The van der Waals surface area contributed by atoms with Crippen LogP contribution in [0.3, 0.4) is 0 Å². The highest BCUT2D eigenvalue weighted by molar-refractivity contribution is 7.13. The van der Waals surface area contributed by atoms with E-state index < -0.39 is 0 Å². The normalized spacial score (nSPS) is 14.8. The monoisotopic (exact) mass is 331 g/mol. The van der Waals surface area contributed by atoms with Gasteiger partial charge in [-0.05, 0) is 43.7 Å². The summed E-state index contributed by atoms with van der Waals surface area (Å²) >= 11 is 1.44. The number of hydrogen-bond donors (Lipinski definition) is 1. The van der Waals surface area contributed by atoms with Gasteiger partial charge >= 0.3 is 0 Å². The summed E-state index contributed by atoms with van der Waals surface area (Å²) in [6.07, 6.45) is 9.18. The van der Waals surface area contributed by atoms with Crippen molar-refractivity contribution in [1.29, 1.82) is 0 Å². The average Bonchev–Trinajstić information content (AvgIpc) is 3.24. The van der Waals surface area contributed by atoms with Gasteiger partial charge in [-0.25, -0.2) is 9.97 Å². The number of aryl methyl sites for hydroxylation is 1. The molecule has 0 aromatic carbocycles. The first-order valence-electron chi connectivity index (χ1n) is 8.09. The maximum Gasteiger partial charge on any atom is 0.263 e. The molecule has 1 aliphatic carbocycles. The van der Waals surface area contributed by atoms with Crippen LogP contribution in [0.4, 0.5) is 0 Å². The number of nitrogens with zero attached hydrogens (tertiary/aromatic N) is 2. The third-order valence-corrected chi connectivity index (χ3v) is 5.06. The van der Waals surface area contributed by atoms with Gasteiger partial charge in [0, 0.05) is 18.8 Å². The number of amides is 1. The maximum absolute atomic E-state index is 12.1. The number of aromatic nitrogens is 2. The van der Waals surface area contributed by atoms with E-state index in [9.17, 15) is 4.79 Å². The number of thiazole rings is 1. The molecule has 1 aliphatic rings. The molecule has 2 aromatic rings. The van der Waals surface area contributed by atoms with Crippen molar-refractivity contribution in [3.63, 3.8) is 0 Å². The fourth-order valence-corrected chi connectivity index (χ4v) is 3.42. The van der Waals surface area contributed by atoms with Crippen LogP contribution in [-0.2, 0) is 13.0 Å². The average molecular weight is 331 g/mol. The highest BCUT2D eigenvalue weighted by Crippen LogP contribution is 2.23. The van der Waals surface area contributed by atoms with E-state index in [2.05, 4.69) is 15.3 Å². The molecule has 2 aromatic heterocycles. The van der Waals surface area contributed by atoms with Crippen LogP contribution in [0.5, 0.6) is 5.88 Å². The van der Waals surface area contributed by atoms with Crippen LogP contribution >= 0.6 is 11.3 Å². The first-order valence-corrected chi connectivity index (χ1v) is 8.90. The van der Waals surface area contributed by atoms with E-state index in [1.54, 1.807) is 12.4 Å². The summed E-state index contributed by atoms with van der Waals surface area (Å²) < 4.78 is 5.89. The van der Waals surface area contributed by atoms with Crippen LogP contribution in [0.1, 0.15) is 52.8 Å². The van der Waals surface area contributed by atoms with Crippen LogP contribution in [0, 0.1) is 0 Å². The van der Waals surface area contributed by atoms with Crippen molar-refractivity contribution in [3.8, 4) is 5.88 Å². The summed E-state index contributed by atoms with van der Waals surface area (Å²) in [5.74, 6) is 0.562. The van der Waals surface area contributed by atoms with Crippen LogP contribution in [0.2, 0.25) is 0 Å². The van der Waals surface area contributed by atoms with Gasteiger partial charge in [-0.15, -0.1) is 11.3 Å². The van der Waals surface area contributed by atoms with Crippen molar-refractivity contribution in [2.75, 3.05) is 0 Å². The largest absolute Gasteiger partial charge is 0.474 e. The van der Waals surface area contributed by atoms with Crippen LogP contribution in [0.15, 0.2) is 24.5 Å². The maximum atomic E-state index is 12.1. The Labute approximate surface area is 140 Å². The van der Waals surface area contributed by atoms with Crippen LogP contribution in [-0.4, -0.2) is 22.0 Å². The molecule has 0 unspecified atom stereocenters. The molecule has 23 heavy (non-hydrogen) atoms. The zero-order chi connectivity index (χ0) is 16.1. The lowest BCUT2D eigenvalue weighted by atomic mass is 10.2. The van der Waals surface area contributed by atoms with E-state index in [0.29, 0.717) is 17.3 Å². The second kappa shape index (κ2) is 7.55. The Bertz CT molecular complexity index is 665. The molecule has 5 nitrogen and oxygen atoms in total. The van der Waals surface area contributed by atoms with E-state index in [1.807, 2.05) is 19.1 Å². The van der Waals surface area contributed by atoms with Gasteiger partial charge in [0.15, 0.2) is 0 Å². The summed E-state index contributed by atoms with van der Waals surface area (Å²) in [5, 5.41) is 3.90. The predicted octanol–water partition coefficient (Wildman–Crippen LogP) is 3.35. The Morgan fingerprint density at radius 1 is 1.39 bits per heavy atom. The molecule has 1 saturated carbocycles. The first-order chi connectivity index (χ1) is 11.2. The third-order valence-electron chi connectivity index (χ3n) is 3.92. The van der Waals surface area contributed by atoms with Gasteiger partial charge in [-0.3, -0.25) is 4.79 Å². The van der Waals surface area contributed by atoms with Crippen LogP contribution in [0.25, 0.3) is 0 Å². The molecule has 6 heteroatoms. The quantitative estimate of drug-likeness (QED) is 0.881. The molecule has 1 fully saturated rings. The number of carbonyl (C=O) groups is 1. The molecule has 3 rings (SSSR count). The second-order valence-electron chi connectivity index (χ2n) is 5.68. The summed E-state index contributed by atoms with van der Waals surface area (Å²) in [7, 11) is 0. The van der Waals surface area contributed by atoms with E-state index in [-0.39, 0.29) is 12.0 Å². The molecule has 1 N–H and O–H groups in total. The smallest absolute Gasteiger partial charge is 0.263 e. The zero-order valence-corrected chi connectivity index (χ0v) is 14.1. The first kappa shape index (κ1) is 15.9. The highest BCUT2D eigenvalue weighted by Gasteiger charge is 2.17. The second-order valence-corrected chi connectivity index (χ2v) is 6.80. The molecular weight excluding hydrogens is 310 g/mol. The van der Waals surface area contributed by atoms with Gasteiger partial charge < -0.3 is 10.1 Å². The number of hydrogen-bond acceptors (Lipinski definition) is 5. The Kier molecular flexibility index (Phi) is 5.23. The number of carbonyl (C=O) groups excluding carboxylic acids is 1. The van der Waals surface area contributed by atoms with Gasteiger partial charge in [0.05, 0.1) is 11.2 Å². The fourth-order valence-electron chi connectivity index (χ4n) is 2.65. The SMILES string of the molecule is CCc1ncc(C(=O)NCc2ccnc(OC3CCCC3)c2)s1. The Hall–Kier alpha value is -1.95. The predicted molar refractivity (Wildman–Crippen MR) is 89.8 cm³/mol. The minimum atomic E-state index is -0.0859. The standard InChI is InChI=1S/C17H21N3O2S/c1-2-16-19-11-14(23-16)17(21)20-10-12-7-8-18-15(9-12)22-13-5-3-4-6-13/h7-9,11,13H,2-6,10H2,1H3,(H,20,21). The van der Waals surface area contributed by atoms with E-state index in [1.165, 1.54) is 24.2 Å². The number of rotatable bonds is 6. The van der Waals surface area contributed by atoms with Crippen molar-refractivity contribution in [2.45, 2.75) is 51.7 Å². The fraction of sp³-hybridized carbons (Fsp3) is 0.471. The lowest BCUT2D eigenvalue weighted by Crippen LogP contribution is -2.22. The van der Waals surface area contributed by atoms with Gasteiger partial charge in [0.25, 0.3) is 5.91 Å². The Morgan fingerprint density at radius 3 is 2.96 bits per heavy atom. The van der Waals surface area contributed by atoms with Crippen molar-refractivity contribution >= 4 is 17.2 Å².